The number of fused-ring (bicyclic) bond motifs is 1. The van der Waals surface area contributed by atoms with Gasteiger partial charge in [-0.25, -0.2) is 4.98 Å². The summed E-state index contributed by atoms with van der Waals surface area (Å²) in [5, 5.41) is 9.07. The zero-order valence-corrected chi connectivity index (χ0v) is 11.3. The molecule has 0 aliphatic heterocycles. The molecule has 1 aromatic carbocycles. The van der Waals surface area contributed by atoms with E-state index in [9.17, 15) is 0 Å². The monoisotopic (exact) mass is 263 g/mol. The molecule has 4 heteroatoms. The van der Waals surface area contributed by atoms with Crippen molar-refractivity contribution < 1.29 is 4.74 Å². The number of rotatable bonds is 2. The highest BCUT2D eigenvalue weighted by Gasteiger charge is 2.08. The third-order valence-electron chi connectivity index (χ3n) is 3.37. The van der Waals surface area contributed by atoms with Gasteiger partial charge in [-0.1, -0.05) is 12.1 Å². The highest BCUT2D eigenvalue weighted by Crippen LogP contribution is 2.24. The highest BCUT2D eigenvalue weighted by molar-refractivity contribution is 5.65. The lowest BCUT2D eigenvalue weighted by molar-refractivity contribution is 0.415. The Morgan fingerprint density at radius 3 is 2.85 bits per heavy atom. The van der Waals surface area contributed by atoms with Crippen LogP contribution >= 0.6 is 0 Å². The Balaban J connectivity index is 2.18. The summed E-state index contributed by atoms with van der Waals surface area (Å²) in [7, 11) is 1.64. The number of benzene rings is 1. The second-order valence-electron chi connectivity index (χ2n) is 4.53. The fraction of sp³-hybridized carbons (Fsp3) is 0.125. The number of nitriles is 1. The molecule has 2 aromatic heterocycles. The van der Waals surface area contributed by atoms with Gasteiger partial charge in [-0.15, -0.1) is 0 Å². The van der Waals surface area contributed by atoms with Crippen LogP contribution in [-0.2, 0) is 0 Å². The van der Waals surface area contributed by atoms with Gasteiger partial charge in [-0.2, -0.15) is 5.26 Å². The number of pyridine rings is 1. The number of aromatic nitrogens is 2. The molecule has 0 spiro atoms. The van der Waals surface area contributed by atoms with Crippen LogP contribution < -0.4 is 4.74 Å². The van der Waals surface area contributed by atoms with Crippen molar-refractivity contribution in [3.63, 3.8) is 0 Å². The average molecular weight is 263 g/mol. The standard InChI is InChI=1S/C16H13N3O/c1-11-13(9-17)6-7-16-18-15(10-19(11)16)12-4-3-5-14(8-12)20-2/h3-8,10H,1-2H3. The first-order valence-electron chi connectivity index (χ1n) is 6.26. The van der Waals surface area contributed by atoms with E-state index in [1.165, 1.54) is 0 Å². The van der Waals surface area contributed by atoms with E-state index in [1.807, 2.05) is 47.9 Å². The minimum absolute atomic E-state index is 0.659. The van der Waals surface area contributed by atoms with Crippen LogP contribution in [0, 0.1) is 18.3 Å². The van der Waals surface area contributed by atoms with Gasteiger partial charge in [0.2, 0.25) is 0 Å². The van der Waals surface area contributed by atoms with Crippen LogP contribution in [-0.4, -0.2) is 16.5 Å². The van der Waals surface area contributed by atoms with Gasteiger partial charge in [0.1, 0.15) is 17.5 Å². The molecule has 20 heavy (non-hydrogen) atoms. The third-order valence-corrected chi connectivity index (χ3v) is 3.37. The minimum Gasteiger partial charge on any atom is -0.497 e. The van der Waals surface area contributed by atoms with Gasteiger partial charge in [0.15, 0.2) is 0 Å². The van der Waals surface area contributed by atoms with Crippen molar-refractivity contribution >= 4 is 5.65 Å². The second-order valence-corrected chi connectivity index (χ2v) is 4.53. The first-order valence-corrected chi connectivity index (χ1v) is 6.26. The summed E-state index contributed by atoms with van der Waals surface area (Å²) in [6.07, 6.45) is 1.94. The summed E-state index contributed by atoms with van der Waals surface area (Å²) in [6, 6.07) is 13.6. The first-order chi connectivity index (χ1) is 9.72. The molecule has 0 amide bonds. The number of nitrogens with zero attached hydrogens (tertiary/aromatic N) is 3. The number of hydrogen-bond donors (Lipinski definition) is 0. The Hall–Kier alpha value is -2.80. The maximum absolute atomic E-state index is 9.07. The molecule has 0 aliphatic carbocycles. The van der Waals surface area contributed by atoms with Gasteiger partial charge >= 0.3 is 0 Å². The van der Waals surface area contributed by atoms with Crippen molar-refractivity contribution in [1.29, 1.82) is 5.26 Å². The molecule has 3 aromatic rings. The molecule has 0 atom stereocenters. The normalized spacial score (nSPS) is 10.4. The zero-order valence-electron chi connectivity index (χ0n) is 11.3. The van der Waals surface area contributed by atoms with E-state index in [2.05, 4.69) is 11.1 Å². The van der Waals surface area contributed by atoms with Crippen molar-refractivity contribution in [2.24, 2.45) is 0 Å². The van der Waals surface area contributed by atoms with Gasteiger partial charge in [0.25, 0.3) is 0 Å². The fourth-order valence-electron chi connectivity index (χ4n) is 2.23. The zero-order chi connectivity index (χ0) is 14.1. The van der Waals surface area contributed by atoms with Gasteiger partial charge in [-0.05, 0) is 31.2 Å². The van der Waals surface area contributed by atoms with E-state index >= 15 is 0 Å². The quantitative estimate of drug-likeness (QED) is 0.713. The number of aryl methyl sites for hydroxylation is 1. The topological polar surface area (TPSA) is 50.3 Å². The van der Waals surface area contributed by atoms with E-state index in [0.717, 1.165) is 28.3 Å². The molecular formula is C16H13N3O. The Morgan fingerprint density at radius 2 is 2.10 bits per heavy atom. The van der Waals surface area contributed by atoms with E-state index in [0.29, 0.717) is 5.56 Å². The molecular weight excluding hydrogens is 250 g/mol. The van der Waals surface area contributed by atoms with Gasteiger partial charge in [-0.3, -0.25) is 0 Å². The minimum atomic E-state index is 0.659. The molecule has 0 saturated carbocycles. The molecule has 0 fully saturated rings. The molecule has 4 nitrogen and oxygen atoms in total. The summed E-state index contributed by atoms with van der Waals surface area (Å²) < 4.78 is 7.17. The Labute approximate surface area is 116 Å². The molecule has 0 saturated heterocycles. The van der Waals surface area contributed by atoms with Crippen LogP contribution in [0.25, 0.3) is 16.9 Å². The predicted octanol–water partition coefficient (Wildman–Crippen LogP) is 3.19. The molecule has 0 N–H and O–H groups in total. The summed E-state index contributed by atoms with van der Waals surface area (Å²) in [5.41, 5.74) is 4.24. The van der Waals surface area contributed by atoms with Crippen molar-refractivity contribution in [2.75, 3.05) is 7.11 Å². The number of ether oxygens (including phenoxy) is 1. The van der Waals surface area contributed by atoms with Crippen LogP contribution in [0.4, 0.5) is 0 Å². The van der Waals surface area contributed by atoms with Crippen molar-refractivity contribution in [2.45, 2.75) is 6.92 Å². The number of hydrogen-bond acceptors (Lipinski definition) is 3. The Bertz CT molecular complexity index is 827. The molecule has 0 radical (unpaired) electrons. The van der Waals surface area contributed by atoms with Gasteiger partial charge in [0, 0.05) is 17.5 Å². The largest absolute Gasteiger partial charge is 0.497 e. The SMILES string of the molecule is COc1cccc(-c2cn3c(C)c(C#N)ccc3n2)c1. The molecule has 0 unspecified atom stereocenters. The third kappa shape index (κ3) is 1.90. The van der Waals surface area contributed by atoms with Crippen molar-refractivity contribution in [1.82, 2.24) is 9.38 Å². The van der Waals surface area contributed by atoms with Crippen LogP contribution in [0.1, 0.15) is 11.3 Å². The molecule has 2 heterocycles. The fourth-order valence-corrected chi connectivity index (χ4v) is 2.23. The maximum atomic E-state index is 9.07. The molecule has 98 valence electrons. The number of imidazole rings is 1. The molecule has 0 aliphatic rings. The van der Waals surface area contributed by atoms with Crippen molar-refractivity contribution in [3.05, 3.63) is 53.9 Å². The predicted molar refractivity (Wildman–Crippen MR) is 76.6 cm³/mol. The number of methoxy groups -OCH3 is 1. The van der Waals surface area contributed by atoms with Gasteiger partial charge < -0.3 is 9.14 Å². The van der Waals surface area contributed by atoms with Gasteiger partial charge in [0.05, 0.1) is 18.4 Å². The van der Waals surface area contributed by atoms with E-state index < -0.39 is 0 Å². The molecule has 3 rings (SSSR count). The summed E-state index contributed by atoms with van der Waals surface area (Å²) in [5.74, 6) is 0.800. The Morgan fingerprint density at radius 1 is 1.25 bits per heavy atom. The summed E-state index contributed by atoms with van der Waals surface area (Å²) in [4.78, 5) is 4.59. The first kappa shape index (κ1) is 12.2. The van der Waals surface area contributed by atoms with Crippen LogP contribution in [0.3, 0.4) is 0 Å². The van der Waals surface area contributed by atoms with Crippen molar-refractivity contribution in [3.8, 4) is 23.1 Å². The van der Waals surface area contributed by atoms with Crippen LogP contribution in [0.2, 0.25) is 0 Å². The Kier molecular flexibility index (Phi) is 2.88. The average Bonchev–Trinajstić information content (AvgIpc) is 2.93. The van der Waals surface area contributed by atoms with E-state index in [4.69, 9.17) is 10.00 Å². The lowest BCUT2D eigenvalue weighted by atomic mass is 10.1. The smallest absolute Gasteiger partial charge is 0.137 e. The second kappa shape index (κ2) is 4.71. The van der Waals surface area contributed by atoms with Crippen LogP contribution in [0.15, 0.2) is 42.6 Å². The lowest BCUT2D eigenvalue weighted by Gasteiger charge is -2.01. The van der Waals surface area contributed by atoms with E-state index in [1.54, 1.807) is 13.2 Å². The molecule has 0 bridgehead atoms. The summed E-state index contributed by atoms with van der Waals surface area (Å²) in [6.45, 7) is 1.92. The van der Waals surface area contributed by atoms with Crippen LogP contribution in [0.5, 0.6) is 5.75 Å². The highest BCUT2D eigenvalue weighted by atomic mass is 16.5. The lowest BCUT2D eigenvalue weighted by Crippen LogP contribution is -1.93. The van der Waals surface area contributed by atoms with E-state index in [-0.39, 0.29) is 0 Å². The maximum Gasteiger partial charge on any atom is 0.137 e. The summed E-state index contributed by atoms with van der Waals surface area (Å²) >= 11 is 0.